The van der Waals surface area contributed by atoms with Crippen molar-refractivity contribution in [2.24, 2.45) is 0 Å². The zero-order valence-electron chi connectivity index (χ0n) is 24.1. The van der Waals surface area contributed by atoms with Crippen molar-refractivity contribution in [1.82, 2.24) is 24.4 Å². The summed E-state index contributed by atoms with van der Waals surface area (Å²) in [6.45, 7) is 0.351. The average molecular weight is 670 g/mol. The minimum absolute atomic E-state index is 0.0845. The van der Waals surface area contributed by atoms with E-state index in [1.165, 1.54) is 41.9 Å². The molecule has 0 spiro atoms. The van der Waals surface area contributed by atoms with Gasteiger partial charge < -0.3 is 15.0 Å². The molecule has 0 fully saturated rings. The Bertz CT molecular complexity index is 2040. The molecule has 1 aliphatic heterocycles. The van der Waals surface area contributed by atoms with Crippen LogP contribution in [0.5, 0.6) is 5.75 Å². The van der Waals surface area contributed by atoms with Gasteiger partial charge in [0.05, 0.1) is 34.2 Å². The first kappa shape index (κ1) is 31.2. The van der Waals surface area contributed by atoms with E-state index in [2.05, 4.69) is 15.2 Å². The van der Waals surface area contributed by atoms with Crippen molar-refractivity contribution < 1.29 is 27.5 Å². The van der Waals surface area contributed by atoms with Gasteiger partial charge in [0.2, 0.25) is 0 Å². The molecule has 236 valence electrons. The third-order valence-corrected chi connectivity index (χ3v) is 8.43. The number of halogens is 5. The van der Waals surface area contributed by atoms with Crippen LogP contribution in [0.2, 0.25) is 10.0 Å². The topological polar surface area (TPSA) is 97.9 Å². The van der Waals surface area contributed by atoms with Crippen molar-refractivity contribution in [2.45, 2.75) is 25.7 Å². The lowest BCUT2D eigenvalue weighted by Crippen LogP contribution is -2.41. The zero-order valence-corrected chi connectivity index (χ0v) is 25.6. The minimum Gasteiger partial charge on any atom is -0.406 e. The maximum absolute atomic E-state index is 14.2. The fourth-order valence-corrected chi connectivity index (χ4v) is 5.80. The first-order chi connectivity index (χ1) is 21.9. The molecule has 0 aliphatic carbocycles. The number of carbonyl (C=O) groups is 2. The number of ether oxygens (including phenoxy) is 1. The van der Waals surface area contributed by atoms with Crippen molar-refractivity contribution in [3.05, 3.63) is 127 Å². The summed E-state index contributed by atoms with van der Waals surface area (Å²) in [7, 11) is 1.52. The second kappa shape index (κ2) is 12.2. The highest BCUT2D eigenvalue weighted by Gasteiger charge is 2.31. The Balaban J connectivity index is 1.44. The lowest BCUT2D eigenvalue weighted by molar-refractivity contribution is -0.274. The molecule has 0 saturated heterocycles. The van der Waals surface area contributed by atoms with E-state index < -0.39 is 6.36 Å². The Morgan fingerprint density at radius 1 is 0.978 bits per heavy atom. The number of nitrogens with zero attached hydrogens (tertiary/aromatic N) is 4. The quantitative estimate of drug-likeness (QED) is 0.245. The summed E-state index contributed by atoms with van der Waals surface area (Å²) in [6.07, 6.45) is -2.76. The molecule has 2 aromatic heterocycles. The lowest BCUT2D eigenvalue weighted by Gasteiger charge is -2.30. The van der Waals surface area contributed by atoms with Crippen LogP contribution in [-0.4, -0.2) is 50.9 Å². The van der Waals surface area contributed by atoms with E-state index >= 15 is 0 Å². The molecule has 6 rings (SSSR count). The molecule has 0 radical (unpaired) electrons. The van der Waals surface area contributed by atoms with E-state index in [1.807, 2.05) is 0 Å². The van der Waals surface area contributed by atoms with Gasteiger partial charge in [0.25, 0.3) is 17.4 Å². The normalized spacial score (nSPS) is 13.0. The van der Waals surface area contributed by atoms with Gasteiger partial charge in [0, 0.05) is 42.3 Å². The Hall–Kier alpha value is -4.81. The number of hydrogen-bond acceptors (Lipinski definition) is 5. The van der Waals surface area contributed by atoms with Gasteiger partial charge in [-0.25, -0.2) is 4.52 Å². The number of aromatic nitrogens is 3. The summed E-state index contributed by atoms with van der Waals surface area (Å²) < 4.78 is 45.1. The van der Waals surface area contributed by atoms with Gasteiger partial charge in [-0.2, -0.15) is 5.10 Å². The van der Waals surface area contributed by atoms with E-state index in [0.29, 0.717) is 49.9 Å². The molecule has 1 N–H and O–H groups in total. The van der Waals surface area contributed by atoms with Crippen LogP contribution < -0.4 is 15.6 Å². The van der Waals surface area contributed by atoms with Crippen LogP contribution in [0.4, 0.5) is 13.2 Å². The molecule has 2 amide bonds. The number of rotatable bonds is 6. The van der Waals surface area contributed by atoms with Crippen LogP contribution in [-0.2, 0) is 19.4 Å². The highest BCUT2D eigenvalue weighted by atomic mass is 35.5. The van der Waals surface area contributed by atoms with Gasteiger partial charge in [-0.3, -0.25) is 19.0 Å². The maximum atomic E-state index is 14.2. The summed E-state index contributed by atoms with van der Waals surface area (Å²) >= 11 is 12.2. The summed E-state index contributed by atoms with van der Waals surface area (Å²) in [5, 5.41) is 7.74. The third-order valence-electron chi connectivity index (χ3n) is 7.69. The second-order valence-electron chi connectivity index (χ2n) is 10.6. The SMILES string of the molecule is CNC(=O)c1ccc(-n2c(=O)c3c(n4ncc(Cc5ccc(OC(F)(F)F)cc5)c24)CN(C(=O)c2ccc(Cl)c(Cl)c2)CC3)cc1. The molecular formula is C32H24Cl2F3N5O4. The first-order valence-corrected chi connectivity index (χ1v) is 14.7. The third kappa shape index (κ3) is 6.05. The molecule has 5 aromatic rings. The molecule has 0 saturated carbocycles. The van der Waals surface area contributed by atoms with Gasteiger partial charge in [0.1, 0.15) is 11.4 Å². The second-order valence-corrected chi connectivity index (χ2v) is 11.4. The molecule has 14 heteroatoms. The predicted octanol–water partition coefficient (Wildman–Crippen LogP) is 5.84. The van der Waals surface area contributed by atoms with Gasteiger partial charge >= 0.3 is 6.36 Å². The van der Waals surface area contributed by atoms with Crippen molar-refractivity contribution >= 4 is 40.7 Å². The Kier molecular flexibility index (Phi) is 8.26. The fourth-order valence-electron chi connectivity index (χ4n) is 5.50. The van der Waals surface area contributed by atoms with E-state index in [0.717, 1.165) is 0 Å². The molecule has 1 aliphatic rings. The number of benzene rings is 3. The van der Waals surface area contributed by atoms with Gasteiger partial charge in [-0.15, -0.1) is 13.2 Å². The number of hydrogen-bond donors (Lipinski definition) is 1. The van der Waals surface area contributed by atoms with Crippen LogP contribution in [0.15, 0.2) is 77.7 Å². The molecular weight excluding hydrogens is 646 g/mol. The average Bonchev–Trinajstić information content (AvgIpc) is 3.45. The Morgan fingerprint density at radius 3 is 2.33 bits per heavy atom. The number of fused-ring (bicyclic) bond motifs is 3. The van der Waals surface area contributed by atoms with Crippen molar-refractivity contribution in [3.63, 3.8) is 0 Å². The van der Waals surface area contributed by atoms with Gasteiger partial charge in [-0.1, -0.05) is 35.3 Å². The summed E-state index contributed by atoms with van der Waals surface area (Å²) in [5.74, 6) is -0.936. The monoisotopic (exact) mass is 669 g/mol. The molecule has 3 heterocycles. The standard InChI is InChI=1S/C32H24Cl2F3N5O4/c1-38-28(43)19-4-7-22(8-5-19)41-29-21(14-18-2-9-23(10-3-18)46-32(35,36)37)16-39-42(29)27-17-40(13-12-24(27)31(41)45)30(44)20-6-11-25(33)26(34)15-20/h2-11,15-16H,12-14,17H2,1H3,(H,38,43). The molecule has 0 unspecified atom stereocenters. The van der Waals surface area contributed by atoms with Crippen LogP contribution in [0.25, 0.3) is 11.3 Å². The van der Waals surface area contributed by atoms with Crippen LogP contribution >= 0.6 is 23.2 Å². The first-order valence-electron chi connectivity index (χ1n) is 14.0. The highest BCUT2D eigenvalue weighted by molar-refractivity contribution is 6.42. The highest BCUT2D eigenvalue weighted by Crippen LogP contribution is 2.28. The van der Waals surface area contributed by atoms with Crippen molar-refractivity contribution in [2.75, 3.05) is 13.6 Å². The number of alkyl halides is 3. The molecule has 0 bridgehead atoms. The Morgan fingerprint density at radius 2 is 1.67 bits per heavy atom. The van der Waals surface area contributed by atoms with Gasteiger partial charge in [-0.05, 0) is 66.6 Å². The van der Waals surface area contributed by atoms with E-state index in [9.17, 15) is 27.6 Å². The molecule has 0 atom stereocenters. The molecule has 3 aromatic carbocycles. The predicted molar refractivity (Wildman–Crippen MR) is 165 cm³/mol. The smallest absolute Gasteiger partial charge is 0.406 e. The zero-order chi connectivity index (χ0) is 32.7. The van der Waals surface area contributed by atoms with Crippen molar-refractivity contribution in [1.29, 1.82) is 0 Å². The lowest BCUT2D eigenvalue weighted by atomic mass is 10.0. The number of carbonyl (C=O) groups excluding carboxylic acids is 2. The fraction of sp³-hybridized carbons (Fsp3) is 0.188. The minimum atomic E-state index is -4.82. The molecule has 9 nitrogen and oxygen atoms in total. The summed E-state index contributed by atoms with van der Waals surface area (Å²) in [4.78, 5) is 41.4. The molecule has 46 heavy (non-hydrogen) atoms. The van der Waals surface area contributed by atoms with E-state index in [4.69, 9.17) is 23.2 Å². The van der Waals surface area contributed by atoms with Crippen LogP contribution in [0, 0.1) is 0 Å². The number of nitrogens with one attached hydrogen (secondary N) is 1. The maximum Gasteiger partial charge on any atom is 0.573 e. The Labute approximate surface area is 269 Å². The summed E-state index contributed by atoms with van der Waals surface area (Å²) in [5.41, 5.74) is 3.58. The number of amides is 2. The van der Waals surface area contributed by atoms with E-state index in [-0.39, 0.29) is 54.1 Å². The van der Waals surface area contributed by atoms with Crippen molar-refractivity contribution in [3.8, 4) is 11.4 Å². The van der Waals surface area contributed by atoms with Gasteiger partial charge in [0.15, 0.2) is 0 Å². The van der Waals surface area contributed by atoms with Crippen LogP contribution in [0.3, 0.4) is 0 Å². The van der Waals surface area contributed by atoms with Crippen LogP contribution in [0.1, 0.15) is 43.1 Å². The largest absolute Gasteiger partial charge is 0.573 e. The van der Waals surface area contributed by atoms with E-state index in [1.54, 1.807) is 52.0 Å². The summed E-state index contributed by atoms with van der Waals surface area (Å²) in [6, 6.07) is 16.6.